The van der Waals surface area contributed by atoms with Gasteiger partial charge in [-0.15, -0.1) is 0 Å². The van der Waals surface area contributed by atoms with Gasteiger partial charge in [0.05, 0.1) is 7.11 Å². The third kappa shape index (κ3) is 5.37. The Morgan fingerprint density at radius 1 is 0.741 bits per heavy atom. The third-order valence-corrected chi connectivity index (χ3v) is 5.02. The van der Waals surface area contributed by atoms with Gasteiger partial charge >= 0.3 is 0 Å². The van der Waals surface area contributed by atoms with Crippen LogP contribution in [0.15, 0.2) is 78.9 Å². The molecule has 0 unspecified atom stereocenters. The minimum atomic E-state index is 0.193. The molecule has 0 heterocycles. The second-order valence-electron chi connectivity index (χ2n) is 7.53. The van der Waals surface area contributed by atoms with Crippen molar-refractivity contribution >= 4 is 0 Å². The number of hydrogen-bond acceptors (Lipinski definition) is 2. The van der Waals surface area contributed by atoms with E-state index in [1.54, 1.807) is 7.11 Å². The molecule has 0 radical (unpaired) electrons. The van der Waals surface area contributed by atoms with Crippen molar-refractivity contribution < 1.29 is 9.47 Å². The van der Waals surface area contributed by atoms with Gasteiger partial charge < -0.3 is 9.47 Å². The number of methoxy groups -OCH3 is 1. The van der Waals surface area contributed by atoms with Gasteiger partial charge in [-0.3, -0.25) is 0 Å². The van der Waals surface area contributed by atoms with E-state index >= 15 is 0 Å². The van der Waals surface area contributed by atoms with E-state index in [2.05, 4.69) is 62.4 Å². The summed E-state index contributed by atoms with van der Waals surface area (Å²) in [6.07, 6.45) is 3.35. The third-order valence-electron chi connectivity index (χ3n) is 5.02. The molecule has 0 saturated carbocycles. The molecule has 27 heavy (non-hydrogen) atoms. The van der Waals surface area contributed by atoms with E-state index in [9.17, 15) is 0 Å². The normalized spacial score (nSPS) is 11.2. The molecule has 0 aromatic heterocycles. The summed E-state index contributed by atoms with van der Waals surface area (Å²) in [5, 5.41) is 0. The SMILES string of the molecule is COc1ccc(Oc2cccc(CCCC(C)(C)c3ccccc3)c2)cc1. The van der Waals surface area contributed by atoms with Gasteiger partial charge in [0.15, 0.2) is 0 Å². The molecule has 0 bridgehead atoms. The summed E-state index contributed by atoms with van der Waals surface area (Å²) in [6, 6.07) is 26.8. The van der Waals surface area contributed by atoms with Crippen molar-refractivity contribution in [2.75, 3.05) is 7.11 Å². The van der Waals surface area contributed by atoms with Crippen LogP contribution in [0.4, 0.5) is 0 Å². The number of rotatable bonds is 8. The maximum Gasteiger partial charge on any atom is 0.127 e. The molecule has 0 N–H and O–H groups in total. The molecular formula is C25H28O2. The maximum absolute atomic E-state index is 5.98. The Morgan fingerprint density at radius 2 is 1.44 bits per heavy atom. The van der Waals surface area contributed by atoms with Crippen LogP contribution in [-0.4, -0.2) is 7.11 Å². The second kappa shape index (κ2) is 8.77. The van der Waals surface area contributed by atoms with Crippen molar-refractivity contribution in [3.63, 3.8) is 0 Å². The van der Waals surface area contributed by atoms with E-state index in [0.717, 1.165) is 36.5 Å². The van der Waals surface area contributed by atoms with Crippen LogP contribution in [0, 0.1) is 0 Å². The highest BCUT2D eigenvalue weighted by Crippen LogP contribution is 2.29. The first-order chi connectivity index (χ1) is 13.1. The van der Waals surface area contributed by atoms with Crippen LogP contribution in [0.25, 0.3) is 0 Å². The van der Waals surface area contributed by atoms with Crippen molar-refractivity contribution in [3.05, 3.63) is 90.0 Å². The van der Waals surface area contributed by atoms with Crippen molar-refractivity contribution in [2.45, 2.75) is 38.5 Å². The summed E-state index contributed by atoms with van der Waals surface area (Å²) < 4.78 is 11.2. The van der Waals surface area contributed by atoms with Crippen molar-refractivity contribution in [1.29, 1.82) is 0 Å². The Bertz CT molecular complexity index is 836. The lowest BCUT2D eigenvalue weighted by molar-refractivity contribution is 0.413. The fourth-order valence-electron chi connectivity index (χ4n) is 3.31. The van der Waals surface area contributed by atoms with E-state index < -0.39 is 0 Å². The van der Waals surface area contributed by atoms with Gasteiger partial charge in [-0.2, -0.15) is 0 Å². The van der Waals surface area contributed by atoms with Crippen LogP contribution in [0.1, 0.15) is 37.8 Å². The molecule has 0 aliphatic rings. The summed E-state index contributed by atoms with van der Waals surface area (Å²) in [6.45, 7) is 4.65. The van der Waals surface area contributed by atoms with Crippen LogP contribution < -0.4 is 9.47 Å². The molecule has 2 heteroatoms. The van der Waals surface area contributed by atoms with Gasteiger partial charge in [0.2, 0.25) is 0 Å². The van der Waals surface area contributed by atoms with Crippen LogP contribution in [0.2, 0.25) is 0 Å². The summed E-state index contributed by atoms with van der Waals surface area (Å²) in [5.41, 5.74) is 2.91. The molecule has 0 aliphatic heterocycles. The van der Waals surface area contributed by atoms with Crippen molar-refractivity contribution in [2.24, 2.45) is 0 Å². The number of hydrogen-bond donors (Lipinski definition) is 0. The summed E-state index contributed by atoms with van der Waals surface area (Å²) in [4.78, 5) is 0. The lowest BCUT2D eigenvalue weighted by atomic mass is 9.80. The number of aryl methyl sites for hydroxylation is 1. The molecule has 3 rings (SSSR count). The van der Waals surface area contributed by atoms with E-state index in [1.807, 2.05) is 30.3 Å². The minimum absolute atomic E-state index is 0.193. The minimum Gasteiger partial charge on any atom is -0.497 e. The van der Waals surface area contributed by atoms with Gasteiger partial charge in [0.1, 0.15) is 17.2 Å². The van der Waals surface area contributed by atoms with E-state index in [1.165, 1.54) is 11.1 Å². The molecule has 0 saturated heterocycles. The van der Waals surface area contributed by atoms with E-state index in [-0.39, 0.29) is 5.41 Å². The predicted molar refractivity (Wildman–Crippen MR) is 112 cm³/mol. The van der Waals surface area contributed by atoms with Gasteiger partial charge in [0, 0.05) is 0 Å². The van der Waals surface area contributed by atoms with Crippen molar-refractivity contribution in [1.82, 2.24) is 0 Å². The fourth-order valence-corrected chi connectivity index (χ4v) is 3.31. The fraction of sp³-hybridized carbons (Fsp3) is 0.280. The first kappa shape index (κ1) is 19.0. The zero-order chi connectivity index (χ0) is 19.1. The summed E-state index contributed by atoms with van der Waals surface area (Å²) in [5.74, 6) is 2.52. The molecule has 3 aromatic carbocycles. The van der Waals surface area contributed by atoms with Crippen LogP contribution in [-0.2, 0) is 11.8 Å². The zero-order valence-corrected chi connectivity index (χ0v) is 16.4. The molecule has 140 valence electrons. The lowest BCUT2D eigenvalue weighted by Gasteiger charge is -2.25. The summed E-state index contributed by atoms with van der Waals surface area (Å²) in [7, 11) is 1.67. The Hall–Kier alpha value is -2.74. The molecule has 3 aromatic rings. The van der Waals surface area contributed by atoms with Crippen molar-refractivity contribution in [3.8, 4) is 17.2 Å². The average molecular weight is 360 g/mol. The Labute approximate surface area is 162 Å². The lowest BCUT2D eigenvalue weighted by Crippen LogP contribution is -2.17. The largest absolute Gasteiger partial charge is 0.497 e. The van der Waals surface area contributed by atoms with E-state index in [4.69, 9.17) is 9.47 Å². The zero-order valence-electron chi connectivity index (χ0n) is 16.4. The van der Waals surface area contributed by atoms with Gasteiger partial charge in [0.25, 0.3) is 0 Å². The Balaban J connectivity index is 1.57. The number of benzene rings is 3. The Morgan fingerprint density at radius 3 is 2.15 bits per heavy atom. The maximum atomic E-state index is 5.98. The predicted octanol–water partition coefficient (Wildman–Crippen LogP) is 6.79. The van der Waals surface area contributed by atoms with Gasteiger partial charge in [-0.1, -0.05) is 56.3 Å². The number of ether oxygens (including phenoxy) is 2. The molecular weight excluding hydrogens is 332 g/mol. The van der Waals surface area contributed by atoms with Crippen LogP contribution in [0.3, 0.4) is 0 Å². The molecule has 0 aliphatic carbocycles. The topological polar surface area (TPSA) is 18.5 Å². The smallest absolute Gasteiger partial charge is 0.127 e. The van der Waals surface area contributed by atoms with Gasteiger partial charge in [-0.25, -0.2) is 0 Å². The monoisotopic (exact) mass is 360 g/mol. The first-order valence-electron chi connectivity index (χ1n) is 9.53. The van der Waals surface area contributed by atoms with Gasteiger partial charge in [-0.05, 0) is 72.2 Å². The van der Waals surface area contributed by atoms with Crippen LogP contribution >= 0.6 is 0 Å². The quantitative estimate of drug-likeness (QED) is 0.440. The van der Waals surface area contributed by atoms with Crippen LogP contribution in [0.5, 0.6) is 17.2 Å². The second-order valence-corrected chi connectivity index (χ2v) is 7.53. The standard InChI is InChI=1S/C25H28O2/c1-25(2,21-11-5-4-6-12-21)18-8-10-20-9-7-13-24(19-20)27-23-16-14-22(26-3)15-17-23/h4-7,9,11-17,19H,8,10,18H2,1-3H3. The highest BCUT2D eigenvalue weighted by Gasteiger charge is 2.19. The molecule has 0 amide bonds. The molecule has 0 spiro atoms. The first-order valence-corrected chi connectivity index (χ1v) is 9.53. The molecule has 2 nitrogen and oxygen atoms in total. The highest BCUT2D eigenvalue weighted by molar-refractivity contribution is 5.37. The van der Waals surface area contributed by atoms with E-state index in [0.29, 0.717) is 0 Å². The summed E-state index contributed by atoms with van der Waals surface area (Å²) >= 11 is 0. The molecule has 0 atom stereocenters. The Kier molecular flexibility index (Phi) is 6.18. The average Bonchev–Trinajstić information content (AvgIpc) is 2.69. The molecule has 0 fully saturated rings. The highest BCUT2D eigenvalue weighted by atomic mass is 16.5.